The summed E-state index contributed by atoms with van der Waals surface area (Å²) in [6, 6.07) is -0.137. The largest absolute Gasteiger partial charge is 0.392 e. The van der Waals surface area contributed by atoms with Crippen molar-refractivity contribution in [2.45, 2.75) is 39.0 Å². The molecule has 1 aliphatic rings. The number of piperazine rings is 1. The predicted octanol–water partition coefficient (Wildman–Crippen LogP) is 0.0907. The molecular formula is C11H25Cl2N3O2. The fourth-order valence-electron chi connectivity index (χ4n) is 2.09. The SMILES string of the molecule is CC(O)CN1CCN(C(=O)[C@@H](C)N)CC1C.Cl.Cl. The molecule has 0 radical (unpaired) electrons. The first-order valence-electron chi connectivity index (χ1n) is 5.88. The second-order valence-electron chi connectivity index (χ2n) is 4.77. The van der Waals surface area contributed by atoms with Crippen LogP contribution < -0.4 is 5.73 Å². The van der Waals surface area contributed by atoms with Crippen molar-refractivity contribution in [1.82, 2.24) is 9.80 Å². The molecule has 1 amide bonds. The third-order valence-corrected chi connectivity index (χ3v) is 2.97. The zero-order chi connectivity index (χ0) is 12.3. The van der Waals surface area contributed by atoms with Crippen molar-refractivity contribution in [2.75, 3.05) is 26.2 Å². The van der Waals surface area contributed by atoms with E-state index in [0.717, 1.165) is 6.54 Å². The Balaban J connectivity index is 0. The highest BCUT2D eigenvalue weighted by Gasteiger charge is 2.28. The summed E-state index contributed by atoms with van der Waals surface area (Å²) in [4.78, 5) is 15.7. The van der Waals surface area contributed by atoms with Gasteiger partial charge in [0.15, 0.2) is 0 Å². The van der Waals surface area contributed by atoms with E-state index >= 15 is 0 Å². The average Bonchev–Trinajstić information content (AvgIpc) is 2.19. The molecule has 1 heterocycles. The number of nitrogens with two attached hydrogens (primary N) is 1. The molecule has 0 aromatic rings. The number of β-amino-alcohol motifs (C(OH)–C–C–N with tert-alkyl or cyclic N) is 1. The summed E-state index contributed by atoms with van der Waals surface area (Å²) in [5.41, 5.74) is 5.58. The van der Waals surface area contributed by atoms with Crippen LogP contribution in [0.5, 0.6) is 0 Å². The Hall–Kier alpha value is -0.0700. The van der Waals surface area contributed by atoms with Crippen molar-refractivity contribution < 1.29 is 9.90 Å². The molecule has 5 nitrogen and oxygen atoms in total. The Labute approximate surface area is 122 Å². The Morgan fingerprint density at radius 1 is 1.39 bits per heavy atom. The van der Waals surface area contributed by atoms with E-state index in [4.69, 9.17) is 5.73 Å². The van der Waals surface area contributed by atoms with Gasteiger partial charge < -0.3 is 15.7 Å². The smallest absolute Gasteiger partial charge is 0.239 e. The minimum atomic E-state index is -0.421. The van der Waals surface area contributed by atoms with Gasteiger partial charge in [0.1, 0.15) is 0 Å². The van der Waals surface area contributed by atoms with E-state index in [1.165, 1.54) is 0 Å². The molecule has 110 valence electrons. The van der Waals surface area contributed by atoms with E-state index in [1.807, 2.05) is 4.90 Å². The Morgan fingerprint density at radius 3 is 2.33 bits per heavy atom. The summed E-state index contributed by atoms with van der Waals surface area (Å²) >= 11 is 0. The van der Waals surface area contributed by atoms with E-state index in [9.17, 15) is 9.90 Å². The van der Waals surface area contributed by atoms with Crippen LogP contribution in [0.1, 0.15) is 20.8 Å². The zero-order valence-corrected chi connectivity index (χ0v) is 12.8. The number of carbonyl (C=O) groups excluding carboxylic acids is 1. The molecule has 3 atom stereocenters. The van der Waals surface area contributed by atoms with Gasteiger partial charge in [-0.25, -0.2) is 0 Å². The van der Waals surface area contributed by atoms with Crippen LogP contribution in [-0.4, -0.2) is 65.2 Å². The number of carbonyl (C=O) groups is 1. The molecule has 1 rings (SSSR count). The quantitative estimate of drug-likeness (QED) is 0.775. The van der Waals surface area contributed by atoms with Gasteiger partial charge in [-0.05, 0) is 20.8 Å². The molecule has 1 aliphatic heterocycles. The van der Waals surface area contributed by atoms with Crippen molar-refractivity contribution in [3.05, 3.63) is 0 Å². The third-order valence-electron chi connectivity index (χ3n) is 2.97. The van der Waals surface area contributed by atoms with E-state index in [2.05, 4.69) is 11.8 Å². The minimum Gasteiger partial charge on any atom is -0.392 e. The van der Waals surface area contributed by atoms with Gasteiger partial charge in [-0.2, -0.15) is 0 Å². The number of hydrogen-bond donors (Lipinski definition) is 2. The van der Waals surface area contributed by atoms with E-state index in [0.29, 0.717) is 19.6 Å². The van der Waals surface area contributed by atoms with E-state index in [-0.39, 0.29) is 42.9 Å². The van der Waals surface area contributed by atoms with Gasteiger partial charge in [-0.3, -0.25) is 9.69 Å². The van der Waals surface area contributed by atoms with E-state index in [1.54, 1.807) is 13.8 Å². The zero-order valence-electron chi connectivity index (χ0n) is 11.2. The monoisotopic (exact) mass is 301 g/mol. The first kappa shape index (κ1) is 20.3. The number of rotatable bonds is 3. The molecule has 0 spiro atoms. The summed E-state index contributed by atoms with van der Waals surface area (Å²) in [5.74, 6) is 0.0172. The summed E-state index contributed by atoms with van der Waals surface area (Å²) in [5, 5.41) is 9.34. The van der Waals surface area contributed by atoms with Gasteiger partial charge in [0.25, 0.3) is 0 Å². The number of amides is 1. The van der Waals surface area contributed by atoms with Gasteiger partial charge in [-0.15, -0.1) is 24.8 Å². The molecule has 2 unspecified atom stereocenters. The molecule has 0 aliphatic carbocycles. The first-order valence-corrected chi connectivity index (χ1v) is 5.88. The summed E-state index contributed by atoms with van der Waals surface area (Å²) < 4.78 is 0. The summed E-state index contributed by atoms with van der Waals surface area (Å²) in [6.45, 7) is 8.46. The number of halogens is 2. The number of nitrogens with zero attached hydrogens (tertiary/aromatic N) is 2. The van der Waals surface area contributed by atoms with Gasteiger partial charge >= 0.3 is 0 Å². The van der Waals surface area contributed by atoms with Crippen molar-refractivity contribution in [3.8, 4) is 0 Å². The number of hydrogen-bond acceptors (Lipinski definition) is 4. The number of aliphatic hydroxyl groups is 1. The maximum absolute atomic E-state index is 11.7. The molecule has 1 saturated heterocycles. The standard InChI is InChI=1S/C11H23N3O2.2ClH/c1-8-6-14(11(16)10(3)12)5-4-13(8)7-9(2)15;;/h8-10,15H,4-7,12H2,1-3H3;2*1H/t8?,9?,10-;;/m1../s1. The normalized spacial score (nSPS) is 23.6. The van der Waals surface area contributed by atoms with Gasteiger partial charge in [0, 0.05) is 32.2 Å². The maximum Gasteiger partial charge on any atom is 0.239 e. The second kappa shape index (κ2) is 8.93. The van der Waals surface area contributed by atoms with Crippen LogP contribution in [-0.2, 0) is 4.79 Å². The lowest BCUT2D eigenvalue weighted by Gasteiger charge is -2.40. The lowest BCUT2D eigenvalue weighted by molar-refractivity contribution is -0.135. The molecule has 7 heteroatoms. The molecule has 0 bridgehead atoms. The molecule has 0 aromatic heterocycles. The van der Waals surface area contributed by atoms with Gasteiger partial charge in [0.2, 0.25) is 5.91 Å². The average molecular weight is 302 g/mol. The molecular weight excluding hydrogens is 277 g/mol. The van der Waals surface area contributed by atoms with Crippen molar-refractivity contribution >= 4 is 30.7 Å². The fraction of sp³-hybridized carbons (Fsp3) is 0.909. The lowest BCUT2D eigenvalue weighted by Crippen LogP contribution is -2.57. The third kappa shape index (κ3) is 5.71. The van der Waals surface area contributed by atoms with Crippen LogP contribution in [0.3, 0.4) is 0 Å². The van der Waals surface area contributed by atoms with E-state index < -0.39 is 6.04 Å². The van der Waals surface area contributed by atoms with Gasteiger partial charge in [0.05, 0.1) is 12.1 Å². The Morgan fingerprint density at radius 2 is 1.94 bits per heavy atom. The van der Waals surface area contributed by atoms with Crippen LogP contribution >= 0.6 is 24.8 Å². The Kier molecular flexibility index (Phi) is 10.1. The highest BCUT2D eigenvalue weighted by atomic mass is 35.5. The highest BCUT2D eigenvalue weighted by molar-refractivity contribution is 5.85. The van der Waals surface area contributed by atoms with Gasteiger partial charge in [-0.1, -0.05) is 0 Å². The van der Waals surface area contributed by atoms with Crippen LogP contribution in [0.25, 0.3) is 0 Å². The minimum absolute atomic E-state index is 0. The summed E-state index contributed by atoms with van der Waals surface area (Å²) in [7, 11) is 0. The van der Waals surface area contributed by atoms with Crippen LogP contribution in [0, 0.1) is 0 Å². The Bertz CT molecular complexity index is 252. The predicted molar refractivity (Wildman–Crippen MR) is 77.4 cm³/mol. The first-order chi connectivity index (χ1) is 7.41. The molecule has 0 aromatic carbocycles. The maximum atomic E-state index is 11.7. The summed E-state index contributed by atoms with van der Waals surface area (Å²) in [6.07, 6.45) is -0.321. The van der Waals surface area contributed by atoms with Crippen molar-refractivity contribution in [3.63, 3.8) is 0 Å². The molecule has 0 saturated carbocycles. The number of aliphatic hydroxyl groups excluding tert-OH is 1. The van der Waals surface area contributed by atoms with Crippen molar-refractivity contribution in [1.29, 1.82) is 0 Å². The molecule has 3 N–H and O–H groups in total. The van der Waals surface area contributed by atoms with Crippen LogP contribution in [0.4, 0.5) is 0 Å². The topological polar surface area (TPSA) is 69.8 Å². The van der Waals surface area contributed by atoms with Crippen LogP contribution in [0.15, 0.2) is 0 Å². The lowest BCUT2D eigenvalue weighted by atomic mass is 10.1. The molecule has 18 heavy (non-hydrogen) atoms. The van der Waals surface area contributed by atoms with Crippen molar-refractivity contribution in [2.24, 2.45) is 5.73 Å². The van der Waals surface area contributed by atoms with Crippen LogP contribution in [0.2, 0.25) is 0 Å². The fourth-order valence-corrected chi connectivity index (χ4v) is 2.09. The molecule has 1 fully saturated rings. The highest BCUT2D eigenvalue weighted by Crippen LogP contribution is 2.10. The second-order valence-corrected chi connectivity index (χ2v) is 4.77.